The lowest BCUT2D eigenvalue weighted by atomic mass is 10.2. The van der Waals surface area contributed by atoms with Gasteiger partial charge < -0.3 is 9.84 Å². The molecule has 2 aromatic rings. The molecule has 2 rings (SSSR count). The van der Waals surface area contributed by atoms with E-state index in [2.05, 4.69) is 10.5 Å². The number of amides is 1. The molecular weight excluding hydrogens is 355 g/mol. The van der Waals surface area contributed by atoms with Crippen molar-refractivity contribution in [3.8, 4) is 5.75 Å². The molecule has 0 radical (unpaired) electrons. The fourth-order valence-electron chi connectivity index (χ4n) is 1.73. The molecule has 0 heterocycles. The van der Waals surface area contributed by atoms with Gasteiger partial charge in [-0.1, -0.05) is 35.3 Å². The first kappa shape index (κ1) is 17.8. The zero-order valence-electron chi connectivity index (χ0n) is 12.2. The van der Waals surface area contributed by atoms with E-state index in [9.17, 15) is 9.59 Å². The second kappa shape index (κ2) is 8.33. The standard InChI is InChI=1S/C16H12Cl2N2O4/c17-11-4-5-13(14(18)7-11)16(23)20-19-8-10-2-1-3-12(6-10)24-9-15(21)22/h1-8H,9H2,(H,20,23)(H,21,22)/b19-8-. The van der Waals surface area contributed by atoms with Gasteiger partial charge >= 0.3 is 5.97 Å². The molecule has 0 atom stereocenters. The maximum Gasteiger partial charge on any atom is 0.341 e. The SMILES string of the molecule is O=C(O)COc1cccc(/C=N\NC(=O)c2ccc(Cl)cc2Cl)c1. The number of nitrogens with zero attached hydrogens (tertiary/aromatic N) is 1. The number of aliphatic carboxylic acids is 1. The summed E-state index contributed by atoms with van der Waals surface area (Å²) in [5.74, 6) is -1.17. The summed E-state index contributed by atoms with van der Waals surface area (Å²) in [7, 11) is 0. The number of ether oxygens (including phenoxy) is 1. The van der Waals surface area contributed by atoms with Gasteiger partial charge in [-0.25, -0.2) is 10.2 Å². The third-order valence-corrected chi connectivity index (χ3v) is 3.32. The summed E-state index contributed by atoms with van der Waals surface area (Å²) >= 11 is 11.7. The minimum atomic E-state index is -1.07. The highest BCUT2D eigenvalue weighted by Gasteiger charge is 2.09. The summed E-state index contributed by atoms with van der Waals surface area (Å²) < 4.78 is 5.05. The zero-order chi connectivity index (χ0) is 17.5. The van der Waals surface area contributed by atoms with Crippen LogP contribution in [0.5, 0.6) is 5.75 Å². The Morgan fingerprint density at radius 1 is 1.21 bits per heavy atom. The van der Waals surface area contributed by atoms with Crippen molar-refractivity contribution < 1.29 is 19.4 Å². The van der Waals surface area contributed by atoms with Crippen LogP contribution in [0.15, 0.2) is 47.6 Å². The van der Waals surface area contributed by atoms with Crippen molar-refractivity contribution in [3.63, 3.8) is 0 Å². The van der Waals surface area contributed by atoms with E-state index in [0.29, 0.717) is 16.3 Å². The molecule has 0 saturated carbocycles. The predicted octanol–water partition coefficient (Wildman–Crippen LogP) is 3.22. The lowest BCUT2D eigenvalue weighted by Crippen LogP contribution is -2.18. The van der Waals surface area contributed by atoms with E-state index in [4.69, 9.17) is 33.0 Å². The average molecular weight is 367 g/mol. The molecule has 0 spiro atoms. The fraction of sp³-hybridized carbons (Fsp3) is 0.0625. The quantitative estimate of drug-likeness (QED) is 0.606. The van der Waals surface area contributed by atoms with Gasteiger partial charge in [-0.15, -0.1) is 0 Å². The average Bonchev–Trinajstić information content (AvgIpc) is 2.53. The summed E-state index contributed by atoms with van der Waals surface area (Å²) in [5.41, 5.74) is 3.22. The highest BCUT2D eigenvalue weighted by Crippen LogP contribution is 2.20. The molecule has 0 aliphatic rings. The van der Waals surface area contributed by atoms with Gasteiger partial charge in [0, 0.05) is 5.02 Å². The van der Waals surface area contributed by atoms with Crippen molar-refractivity contribution >= 4 is 41.3 Å². The summed E-state index contributed by atoms with van der Waals surface area (Å²) in [5, 5.41) is 13.1. The van der Waals surface area contributed by atoms with Crippen LogP contribution in [-0.4, -0.2) is 29.8 Å². The number of nitrogens with one attached hydrogen (secondary N) is 1. The third kappa shape index (κ3) is 5.26. The van der Waals surface area contributed by atoms with Crippen LogP contribution in [0.3, 0.4) is 0 Å². The first-order valence-corrected chi connectivity index (χ1v) is 7.44. The number of carbonyl (C=O) groups is 2. The maximum absolute atomic E-state index is 12.0. The molecule has 0 aliphatic heterocycles. The molecule has 0 aliphatic carbocycles. The van der Waals surface area contributed by atoms with Crippen LogP contribution < -0.4 is 10.2 Å². The number of carboxylic acid groups (broad SMARTS) is 1. The molecule has 124 valence electrons. The molecule has 0 saturated heterocycles. The van der Waals surface area contributed by atoms with Crippen molar-refractivity contribution in [1.82, 2.24) is 5.43 Å². The highest BCUT2D eigenvalue weighted by molar-refractivity contribution is 6.36. The number of halogens is 2. The number of benzene rings is 2. The van der Waals surface area contributed by atoms with Crippen molar-refractivity contribution in [3.05, 3.63) is 63.6 Å². The summed E-state index contributed by atoms with van der Waals surface area (Å²) in [6.07, 6.45) is 1.40. The summed E-state index contributed by atoms with van der Waals surface area (Å²) in [6, 6.07) is 11.1. The lowest BCUT2D eigenvalue weighted by Gasteiger charge is -2.04. The van der Waals surface area contributed by atoms with Gasteiger partial charge in [-0.2, -0.15) is 5.10 Å². The van der Waals surface area contributed by atoms with Gasteiger partial charge in [0.05, 0.1) is 16.8 Å². The Bertz CT molecular complexity index is 793. The minimum absolute atomic E-state index is 0.222. The number of carbonyl (C=O) groups excluding carboxylic acids is 1. The van der Waals surface area contributed by atoms with Crippen LogP contribution in [-0.2, 0) is 4.79 Å². The first-order chi connectivity index (χ1) is 11.5. The minimum Gasteiger partial charge on any atom is -0.482 e. The molecule has 6 nitrogen and oxygen atoms in total. The first-order valence-electron chi connectivity index (χ1n) is 6.69. The van der Waals surface area contributed by atoms with Crippen LogP contribution in [0, 0.1) is 0 Å². The van der Waals surface area contributed by atoms with E-state index in [0.717, 1.165) is 0 Å². The van der Waals surface area contributed by atoms with Gasteiger partial charge in [0.25, 0.3) is 5.91 Å². The molecule has 0 aromatic heterocycles. The van der Waals surface area contributed by atoms with E-state index in [-0.39, 0.29) is 10.6 Å². The smallest absolute Gasteiger partial charge is 0.341 e. The van der Waals surface area contributed by atoms with E-state index in [1.54, 1.807) is 30.3 Å². The van der Waals surface area contributed by atoms with Gasteiger partial charge in [-0.3, -0.25) is 4.79 Å². The molecule has 0 unspecified atom stereocenters. The molecular formula is C16H12Cl2N2O4. The Kier molecular flexibility index (Phi) is 6.17. The van der Waals surface area contributed by atoms with Crippen LogP contribution >= 0.6 is 23.2 Å². The summed E-state index contributed by atoms with van der Waals surface area (Å²) in [4.78, 5) is 22.4. The fourth-order valence-corrected chi connectivity index (χ4v) is 2.22. The Labute approximate surface area is 147 Å². The maximum atomic E-state index is 12.0. The zero-order valence-corrected chi connectivity index (χ0v) is 13.7. The molecule has 0 fully saturated rings. The summed E-state index contributed by atoms with van der Waals surface area (Å²) in [6.45, 7) is -0.438. The number of hydrogen-bond donors (Lipinski definition) is 2. The van der Waals surface area contributed by atoms with E-state index in [1.165, 1.54) is 18.3 Å². The molecule has 0 bridgehead atoms. The topological polar surface area (TPSA) is 88.0 Å². The number of carboxylic acids is 1. The second-order valence-electron chi connectivity index (χ2n) is 4.58. The van der Waals surface area contributed by atoms with Gasteiger partial charge in [0.1, 0.15) is 5.75 Å². The molecule has 24 heavy (non-hydrogen) atoms. The predicted molar refractivity (Wildman–Crippen MR) is 91.1 cm³/mol. The van der Waals surface area contributed by atoms with Gasteiger partial charge in [-0.05, 0) is 35.9 Å². The largest absolute Gasteiger partial charge is 0.482 e. The van der Waals surface area contributed by atoms with E-state index in [1.807, 2.05) is 0 Å². The van der Waals surface area contributed by atoms with Gasteiger partial charge in [0.2, 0.25) is 0 Å². The molecule has 2 aromatic carbocycles. The van der Waals surface area contributed by atoms with Crippen molar-refractivity contribution in [2.24, 2.45) is 5.10 Å². The number of rotatable bonds is 6. The van der Waals surface area contributed by atoms with Crippen molar-refractivity contribution in [1.29, 1.82) is 0 Å². The number of hydrazone groups is 1. The molecule has 2 N–H and O–H groups in total. The van der Waals surface area contributed by atoms with Crippen molar-refractivity contribution in [2.45, 2.75) is 0 Å². The van der Waals surface area contributed by atoms with Gasteiger partial charge in [0.15, 0.2) is 6.61 Å². The van der Waals surface area contributed by atoms with E-state index < -0.39 is 18.5 Å². The second-order valence-corrected chi connectivity index (χ2v) is 5.42. The lowest BCUT2D eigenvalue weighted by molar-refractivity contribution is -0.139. The van der Waals surface area contributed by atoms with Crippen LogP contribution in [0.4, 0.5) is 0 Å². The Hall–Kier alpha value is -2.57. The van der Waals surface area contributed by atoms with Crippen LogP contribution in [0.25, 0.3) is 0 Å². The Morgan fingerprint density at radius 2 is 2.00 bits per heavy atom. The highest BCUT2D eigenvalue weighted by atomic mass is 35.5. The van der Waals surface area contributed by atoms with E-state index >= 15 is 0 Å². The normalized spacial score (nSPS) is 10.6. The molecule has 1 amide bonds. The Morgan fingerprint density at radius 3 is 2.71 bits per heavy atom. The third-order valence-electron chi connectivity index (χ3n) is 2.78. The van der Waals surface area contributed by atoms with Crippen LogP contribution in [0.1, 0.15) is 15.9 Å². The monoisotopic (exact) mass is 366 g/mol. The van der Waals surface area contributed by atoms with Crippen LogP contribution in [0.2, 0.25) is 10.0 Å². The van der Waals surface area contributed by atoms with Crippen molar-refractivity contribution in [2.75, 3.05) is 6.61 Å². The number of hydrogen-bond acceptors (Lipinski definition) is 4. The molecule has 8 heteroatoms. The Balaban J connectivity index is 1.99.